The van der Waals surface area contributed by atoms with E-state index in [1.807, 2.05) is 17.0 Å². The molecule has 2 aliphatic heterocycles. The summed E-state index contributed by atoms with van der Waals surface area (Å²) in [4.78, 5) is 25.5. The van der Waals surface area contributed by atoms with E-state index in [1.54, 1.807) is 17.5 Å². The van der Waals surface area contributed by atoms with Crippen LogP contribution >= 0.6 is 27.3 Å². The number of halogens is 1. The second-order valence-corrected chi connectivity index (χ2v) is 9.30. The third-order valence-corrected chi connectivity index (χ3v) is 6.60. The van der Waals surface area contributed by atoms with Crippen LogP contribution in [0.15, 0.2) is 34.2 Å². The van der Waals surface area contributed by atoms with Crippen LogP contribution in [0.25, 0.3) is 0 Å². The number of carbonyl (C=O) groups is 1. The first-order chi connectivity index (χ1) is 13.2. The van der Waals surface area contributed by atoms with Crippen molar-refractivity contribution in [3.63, 3.8) is 0 Å². The average Bonchev–Trinajstić information content (AvgIpc) is 3.13. The van der Waals surface area contributed by atoms with Crippen molar-refractivity contribution >= 4 is 39.0 Å². The molecule has 2 fully saturated rings. The quantitative estimate of drug-likeness (QED) is 0.716. The summed E-state index contributed by atoms with van der Waals surface area (Å²) in [5.74, 6) is 0.875. The number of hydrogen-bond acceptors (Lipinski definition) is 6. The Morgan fingerprint density at radius 3 is 2.59 bits per heavy atom. The minimum absolute atomic E-state index is 0.0862. The van der Waals surface area contributed by atoms with E-state index in [0.717, 1.165) is 51.6 Å². The molecular weight excluding hydrogens is 428 g/mol. The normalized spacial score (nSPS) is 18.7. The molecule has 0 N–H and O–H groups in total. The van der Waals surface area contributed by atoms with Crippen molar-refractivity contribution in [2.45, 2.75) is 6.54 Å². The van der Waals surface area contributed by atoms with Crippen molar-refractivity contribution in [2.24, 2.45) is 0 Å². The van der Waals surface area contributed by atoms with E-state index in [1.165, 1.54) is 8.66 Å². The van der Waals surface area contributed by atoms with Gasteiger partial charge in [-0.3, -0.25) is 9.69 Å². The molecule has 8 heteroatoms. The minimum Gasteiger partial charge on any atom is -0.378 e. The lowest BCUT2D eigenvalue weighted by molar-refractivity contribution is 0.0629. The zero-order chi connectivity index (χ0) is 18.6. The number of carbonyl (C=O) groups excluding carboxylic acids is 1. The summed E-state index contributed by atoms with van der Waals surface area (Å²) >= 11 is 5.29. The van der Waals surface area contributed by atoms with Gasteiger partial charge in [-0.25, -0.2) is 4.98 Å². The van der Waals surface area contributed by atoms with Crippen LogP contribution in [-0.4, -0.2) is 73.2 Å². The first kappa shape index (κ1) is 18.9. The molecule has 0 bridgehead atoms. The highest BCUT2D eigenvalue weighted by molar-refractivity contribution is 9.11. The van der Waals surface area contributed by atoms with Gasteiger partial charge in [0.15, 0.2) is 0 Å². The maximum atomic E-state index is 13.1. The molecule has 0 atom stereocenters. The van der Waals surface area contributed by atoms with Gasteiger partial charge in [0, 0.05) is 56.9 Å². The van der Waals surface area contributed by atoms with E-state index in [4.69, 9.17) is 4.74 Å². The van der Waals surface area contributed by atoms with E-state index >= 15 is 0 Å². The Morgan fingerprint density at radius 1 is 1.11 bits per heavy atom. The summed E-state index contributed by atoms with van der Waals surface area (Å²) in [7, 11) is 0. The Morgan fingerprint density at radius 2 is 1.89 bits per heavy atom. The second-order valence-electron chi connectivity index (χ2n) is 6.75. The molecule has 2 saturated heterocycles. The number of piperazine rings is 1. The third-order valence-electron chi connectivity index (χ3n) is 5.00. The first-order valence-corrected chi connectivity index (χ1v) is 10.9. The monoisotopic (exact) mass is 450 g/mol. The predicted molar refractivity (Wildman–Crippen MR) is 110 cm³/mol. The van der Waals surface area contributed by atoms with Gasteiger partial charge in [-0.2, -0.15) is 0 Å². The van der Waals surface area contributed by atoms with Crippen LogP contribution < -0.4 is 4.90 Å². The van der Waals surface area contributed by atoms with Crippen molar-refractivity contribution in [3.05, 3.63) is 44.7 Å². The number of thiophene rings is 1. The van der Waals surface area contributed by atoms with Crippen LogP contribution in [-0.2, 0) is 11.3 Å². The van der Waals surface area contributed by atoms with E-state index < -0.39 is 0 Å². The van der Waals surface area contributed by atoms with E-state index in [9.17, 15) is 4.79 Å². The Bertz CT molecular complexity index is 786. The molecule has 2 aromatic rings. The number of amides is 1. The fraction of sp³-hybridized carbons (Fsp3) is 0.474. The summed E-state index contributed by atoms with van der Waals surface area (Å²) in [5.41, 5.74) is 0.704. The van der Waals surface area contributed by atoms with Gasteiger partial charge in [-0.15, -0.1) is 11.3 Å². The maximum absolute atomic E-state index is 13.1. The van der Waals surface area contributed by atoms with Gasteiger partial charge >= 0.3 is 0 Å². The van der Waals surface area contributed by atoms with Crippen LogP contribution in [0.1, 0.15) is 15.2 Å². The molecule has 0 spiro atoms. The lowest BCUT2D eigenvalue weighted by Crippen LogP contribution is -2.48. The molecular formula is C19H23BrN4O2S. The molecule has 27 heavy (non-hydrogen) atoms. The predicted octanol–water partition coefficient (Wildman–Crippen LogP) is 2.70. The molecule has 4 heterocycles. The van der Waals surface area contributed by atoms with Crippen molar-refractivity contribution < 1.29 is 9.53 Å². The third kappa shape index (κ3) is 4.51. The standard InChI is InChI=1S/C19H23BrN4O2S/c20-17-4-3-15(27-17)14-22-6-8-24(9-7-22)19(25)16-2-1-5-21-18(16)23-10-12-26-13-11-23/h1-5H,6-14H2. The van der Waals surface area contributed by atoms with Crippen molar-refractivity contribution in [3.8, 4) is 0 Å². The number of anilines is 1. The Labute approximate surface area is 171 Å². The van der Waals surface area contributed by atoms with Gasteiger partial charge < -0.3 is 14.5 Å². The lowest BCUT2D eigenvalue weighted by atomic mass is 10.2. The van der Waals surface area contributed by atoms with Gasteiger partial charge in [0.05, 0.1) is 22.6 Å². The molecule has 4 rings (SSSR count). The van der Waals surface area contributed by atoms with E-state index in [0.29, 0.717) is 18.8 Å². The summed E-state index contributed by atoms with van der Waals surface area (Å²) in [5, 5.41) is 0. The molecule has 0 aliphatic carbocycles. The van der Waals surface area contributed by atoms with Crippen LogP contribution in [0.3, 0.4) is 0 Å². The summed E-state index contributed by atoms with van der Waals surface area (Å²) in [6.07, 6.45) is 1.76. The molecule has 2 aliphatic rings. The topological polar surface area (TPSA) is 48.9 Å². The molecule has 144 valence electrons. The second kappa shape index (κ2) is 8.68. The molecule has 6 nitrogen and oxygen atoms in total. The highest BCUT2D eigenvalue weighted by Gasteiger charge is 2.26. The number of nitrogens with zero attached hydrogens (tertiary/aromatic N) is 4. The fourth-order valence-corrected chi connectivity index (χ4v) is 5.05. The largest absolute Gasteiger partial charge is 0.378 e. The van der Waals surface area contributed by atoms with E-state index in [2.05, 4.69) is 42.8 Å². The summed E-state index contributed by atoms with van der Waals surface area (Å²) < 4.78 is 6.59. The van der Waals surface area contributed by atoms with Gasteiger partial charge in [0.2, 0.25) is 0 Å². The minimum atomic E-state index is 0.0862. The Balaban J connectivity index is 1.39. The number of aromatic nitrogens is 1. The highest BCUT2D eigenvalue weighted by Crippen LogP contribution is 2.24. The van der Waals surface area contributed by atoms with Gasteiger partial charge in [-0.1, -0.05) is 0 Å². The molecule has 1 amide bonds. The van der Waals surface area contributed by atoms with E-state index in [-0.39, 0.29) is 5.91 Å². The van der Waals surface area contributed by atoms with Gasteiger partial charge in [-0.05, 0) is 40.2 Å². The number of pyridine rings is 1. The highest BCUT2D eigenvalue weighted by atomic mass is 79.9. The lowest BCUT2D eigenvalue weighted by Gasteiger charge is -2.35. The average molecular weight is 451 g/mol. The number of rotatable bonds is 4. The zero-order valence-electron chi connectivity index (χ0n) is 15.1. The molecule has 2 aromatic heterocycles. The summed E-state index contributed by atoms with van der Waals surface area (Å²) in [6, 6.07) is 8.00. The maximum Gasteiger partial charge on any atom is 0.257 e. The Hall–Kier alpha value is -1.48. The fourth-order valence-electron chi connectivity index (χ4n) is 3.53. The van der Waals surface area contributed by atoms with Gasteiger partial charge in [0.25, 0.3) is 5.91 Å². The molecule has 0 unspecified atom stereocenters. The van der Waals surface area contributed by atoms with Crippen molar-refractivity contribution in [2.75, 3.05) is 57.4 Å². The first-order valence-electron chi connectivity index (χ1n) is 9.24. The Kier molecular flexibility index (Phi) is 6.07. The van der Waals surface area contributed by atoms with Crippen molar-refractivity contribution in [1.29, 1.82) is 0 Å². The van der Waals surface area contributed by atoms with Crippen LogP contribution in [0, 0.1) is 0 Å². The molecule has 0 aromatic carbocycles. The van der Waals surface area contributed by atoms with Crippen LogP contribution in [0.5, 0.6) is 0 Å². The van der Waals surface area contributed by atoms with Crippen LogP contribution in [0.2, 0.25) is 0 Å². The zero-order valence-corrected chi connectivity index (χ0v) is 17.5. The molecule has 0 radical (unpaired) electrons. The van der Waals surface area contributed by atoms with Crippen LogP contribution in [0.4, 0.5) is 5.82 Å². The van der Waals surface area contributed by atoms with Crippen molar-refractivity contribution in [1.82, 2.24) is 14.8 Å². The smallest absolute Gasteiger partial charge is 0.257 e. The summed E-state index contributed by atoms with van der Waals surface area (Å²) in [6.45, 7) is 7.17. The number of morpholine rings is 1. The molecule has 0 saturated carbocycles. The SMILES string of the molecule is O=C(c1cccnc1N1CCOCC1)N1CCN(Cc2ccc(Br)s2)CC1. The number of hydrogen-bond donors (Lipinski definition) is 0. The van der Waals surface area contributed by atoms with Gasteiger partial charge in [0.1, 0.15) is 5.82 Å². The number of ether oxygens (including phenoxy) is 1.